The zero-order valence-electron chi connectivity index (χ0n) is 6.10. The van der Waals surface area contributed by atoms with E-state index in [1.165, 1.54) is 31.0 Å². The molecule has 0 radical (unpaired) electrons. The van der Waals surface area contributed by atoms with Crippen molar-refractivity contribution in [3.05, 3.63) is 0 Å². The molecule has 1 fully saturated rings. The zero-order valence-corrected chi connectivity index (χ0v) is 6.91. The molecule has 1 heterocycles. The summed E-state index contributed by atoms with van der Waals surface area (Å²) in [6.45, 7) is 2.53. The van der Waals surface area contributed by atoms with E-state index < -0.39 is 0 Å². The van der Waals surface area contributed by atoms with E-state index in [9.17, 15) is 0 Å². The van der Waals surface area contributed by atoms with Crippen molar-refractivity contribution in [2.24, 2.45) is 0 Å². The SMILES string of the molecule is C=S1CCCN(C)CC1. The summed E-state index contributed by atoms with van der Waals surface area (Å²) in [4.78, 5) is 2.40. The molecule has 0 saturated carbocycles. The maximum absolute atomic E-state index is 4.09. The minimum atomic E-state index is 0.480. The first-order chi connectivity index (χ1) is 4.29. The first-order valence-corrected chi connectivity index (χ1v) is 5.18. The summed E-state index contributed by atoms with van der Waals surface area (Å²) in [6.07, 6.45) is 1.35. The average Bonchev–Trinajstić information content (AvgIpc) is 1.97. The Bertz CT molecular complexity index is 111. The molecule has 0 aromatic heterocycles. The first-order valence-electron chi connectivity index (χ1n) is 3.45. The summed E-state index contributed by atoms with van der Waals surface area (Å²) in [5, 5.41) is 0. The van der Waals surface area contributed by atoms with Crippen LogP contribution in [-0.4, -0.2) is 42.4 Å². The van der Waals surface area contributed by atoms with Gasteiger partial charge in [-0.15, -0.1) is 0 Å². The Morgan fingerprint density at radius 1 is 1.33 bits per heavy atom. The second-order valence-corrected chi connectivity index (χ2v) is 4.72. The molecular formula is C7H15NS. The Kier molecular flexibility index (Phi) is 2.73. The van der Waals surface area contributed by atoms with E-state index in [1.807, 2.05) is 0 Å². The van der Waals surface area contributed by atoms with Gasteiger partial charge in [0.05, 0.1) is 0 Å². The highest BCUT2D eigenvalue weighted by atomic mass is 32.2. The van der Waals surface area contributed by atoms with E-state index in [0.717, 1.165) is 0 Å². The maximum atomic E-state index is 4.09. The van der Waals surface area contributed by atoms with Gasteiger partial charge in [0, 0.05) is 12.3 Å². The van der Waals surface area contributed by atoms with E-state index in [4.69, 9.17) is 0 Å². The lowest BCUT2D eigenvalue weighted by Crippen LogP contribution is -2.20. The van der Waals surface area contributed by atoms with Gasteiger partial charge < -0.3 is 4.90 Å². The summed E-state index contributed by atoms with van der Waals surface area (Å²) >= 11 is 0. The largest absolute Gasteiger partial charge is 0.306 e. The van der Waals surface area contributed by atoms with Crippen molar-refractivity contribution in [3.63, 3.8) is 0 Å². The monoisotopic (exact) mass is 145 g/mol. The molecular weight excluding hydrogens is 130 g/mol. The Labute approximate surface area is 60.0 Å². The van der Waals surface area contributed by atoms with Crippen molar-refractivity contribution < 1.29 is 0 Å². The van der Waals surface area contributed by atoms with Gasteiger partial charge in [0.2, 0.25) is 0 Å². The average molecular weight is 145 g/mol. The predicted octanol–water partition coefficient (Wildman–Crippen LogP) is 1.02. The fourth-order valence-electron chi connectivity index (χ4n) is 1.04. The van der Waals surface area contributed by atoms with E-state index in [2.05, 4.69) is 17.8 Å². The molecule has 1 saturated heterocycles. The smallest absolute Gasteiger partial charge is 0.00646 e. The highest BCUT2D eigenvalue weighted by Gasteiger charge is 2.04. The molecule has 54 valence electrons. The van der Waals surface area contributed by atoms with Crippen LogP contribution in [0, 0.1) is 0 Å². The van der Waals surface area contributed by atoms with Crippen molar-refractivity contribution in [3.8, 4) is 0 Å². The van der Waals surface area contributed by atoms with Crippen LogP contribution in [0.4, 0.5) is 0 Å². The Morgan fingerprint density at radius 3 is 2.89 bits per heavy atom. The lowest BCUT2D eigenvalue weighted by atomic mass is 10.4. The van der Waals surface area contributed by atoms with Gasteiger partial charge in [0.1, 0.15) is 0 Å². The minimum Gasteiger partial charge on any atom is -0.306 e. The van der Waals surface area contributed by atoms with Gasteiger partial charge in [-0.1, -0.05) is 5.87 Å². The van der Waals surface area contributed by atoms with Crippen molar-refractivity contribution >= 4 is 16.4 Å². The molecule has 1 nitrogen and oxygen atoms in total. The van der Waals surface area contributed by atoms with Crippen LogP contribution in [0.3, 0.4) is 0 Å². The molecule has 0 aliphatic carbocycles. The fraction of sp³-hybridized carbons (Fsp3) is 0.857. The summed E-state index contributed by atoms with van der Waals surface area (Å²) in [6, 6.07) is 0. The van der Waals surface area contributed by atoms with Gasteiger partial charge >= 0.3 is 0 Å². The van der Waals surface area contributed by atoms with Gasteiger partial charge in [-0.2, -0.15) is 10.5 Å². The van der Waals surface area contributed by atoms with Crippen molar-refractivity contribution in [2.45, 2.75) is 6.42 Å². The van der Waals surface area contributed by atoms with Crippen LogP contribution in [0.1, 0.15) is 6.42 Å². The molecule has 0 amide bonds. The predicted molar refractivity (Wildman–Crippen MR) is 46.6 cm³/mol. The Hall–Kier alpha value is 0.180. The van der Waals surface area contributed by atoms with Crippen LogP contribution in [0.5, 0.6) is 0 Å². The highest BCUT2D eigenvalue weighted by Crippen LogP contribution is 2.14. The molecule has 1 atom stereocenters. The second kappa shape index (κ2) is 3.37. The molecule has 0 spiro atoms. The molecule has 1 rings (SSSR count). The van der Waals surface area contributed by atoms with Gasteiger partial charge in [-0.3, -0.25) is 0 Å². The Morgan fingerprint density at radius 2 is 2.11 bits per heavy atom. The van der Waals surface area contributed by atoms with E-state index in [-0.39, 0.29) is 0 Å². The molecule has 9 heavy (non-hydrogen) atoms. The molecule has 0 aromatic rings. The Balaban J connectivity index is 2.34. The normalized spacial score (nSPS) is 31.9. The summed E-state index contributed by atoms with van der Waals surface area (Å²) in [7, 11) is 2.68. The summed E-state index contributed by atoms with van der Waals surface area (Å²) < 4.78 is 0. The summed E-state index contributed by atoms with van der Waals surface area (Å²) in [5.74, 6) is 6.76. The molecule has 0 aromatic carbocycles. The molecule has 1 aliphatic heterocycles. The van der Waals surface area contributed by atoms with E-state index in [1.54, 1.807) is 0 Å². The molecule has 2 heteroatoms. The second-order valence-electron chi connectivity index (χ2n) is 2.68. The highest BCUT2D eigenvalue weighted by molar-refractivity contribution is 8.14. The van der Waals surface area contributed by atoms with E-state index in [0.29, 0.717) is 10.5 Å². The van der Waals surface area contributed by atoms with Gasteiger partial charge in [-0.05, 0) is 25.8 Å². The fourth-order valence-corrected chi connectivity index (χ4v) is 2.35. The minimum absolute atomic E-state index is 0.480. The third-order valence-electron chi connectivity index (χ3n) is 1.73. The van der Waals surface area contributed by atoms with E-state index >= 15 is 0 Å². The van der Waals surface area contributed by atoms with Gasteiger partial charge in [0.25, 0.3) is 0 Å². The number of hydrogen-bond acceptors (Lipinski definition) is 1. The van der Waals surface area contributed by atoms with Crippen LogP contribution in [0.2, 0.25) is 0 Å². The number of hydrogen-bond donors (Lipinski definition) is 0. The third kappa shape index (κ3) is 2.50. The van der Waals surface area contributed by atoms with Crippen molar-refractivity contribution in [1.82, 2.24) is 4.90 Å². The van der Waals surface area contributed by atoms with Crippen LogP contribution in [0.15, 0.2) is 0 Å². The quantitative estimate of drug-likeness (QED) is 0.460. The molecule has 0 bridgehead atoms. The van der Waals surface area contributed by atoms with Crippen LogP contribution >= 0.6 is 10.5 Å². The lowest BCUT2D eigenvalue weighted by molar-refractivity contribution is 0.362. The lowest BCUT2D eigenvalue weighted by Gasteiger charge is -2.10. The zero-order chi connectivity index (χ0) is 6.69. The molecule has 1 unspecified atom stereocenters. The van der Waals surface area contributed by atoms with Crippen LogP contribution in [0.25, 0.3) is 0 Å². The van der Waals surface area contributed by atoms with Crippen molar-refractivity contribution in [2.75, 3.05) is 31.6 Å². The number of nitrogens with zero attached hydrogens (tertiary/aromatic N) is 1. The maximum Gasteiger partial charge on any atom is 0.00646 e. The summed E-state index contributed by atoms with van der Waals surface area (Å²) in [5.41, 5.74) is 0. The topological polar surface area (TPSA) is 3.24 Å². The molecule has 1 aliphatic rings. The van der Waals surface area contributed by atoms with Crippen molar-refractivity contribution in [1.29, 1.82) is 0 Å². The number of rotatable bonds is 0. The first kappa shape index (κ1) is 7.29. The van der Waals surface area contributed by atoms with Crippen LogP contribution in [-0.2, 0) is 0 Å². The van der Waals surface area contributed by atoms with Gasteiger partial charge in [-0.25, -0.2) is 0 Å². The third-order valence-corrected chi connectivity index (χ3v) is 3.36. The van der Waals surface area contributed by atoms with Crippen LogP contribution < -0.4 is 0 Å². The standard InChI is InChI=1S/C7H15NS/c1-8-4-3-6-9(2)7-5-8/h2-7H2,1H3. The van der Waals surface area contributed by atoms with Gasteiger partial charge in [0.15, 0.2) is 0 Å². The molecule has 0 N–H and O–H groups in total.